The highest BCUT2D eigenvalue weighted by molar-refractivity contribution is 5.95. The van der Waals surface area contributed by atoms with Gasteiger partial charge in [0.2, 0.25) is 5.89 Å². The van der Waals surface area contributed by atoms with Crippen LogP contribution in [0, 0.1) is 0 Å². The topological polar surface area (TPSA) is 107 Å². The van der Waals surface area contributed by atoms with Crippen LogP contribution in [-0.2, 0) is 4.79 Å². The van der Waals surface area contributed by atoms with Crippen LogP contribution in [-0.4, -0.2) is 68.1 Å². The standard InChI is InChI=1S/C24H23N3O5/c1-2-17-14-26(11-12-27(17)23(30)24(31)9-10-24)22(29)16-5-3-15(4-6-16)21-25-19-8-7-18(28)13-20(19)32-21/h2-8,13,17,28,31H,1,9-12,14H2/t17-/m0/s1. The van der Waals surface area contributed by atoms with E-state index in [0.717, 1.165) is 0 Å². The number of fused-ring (bicyclic) bond motifs is 1. The van der Waals surface area contributed by atoms with Gasteiger partial charge in [0.1, 0.15) is 16.9 Å². The third-order valence-corrected chi connectivity index (χ3v) is 6.11. The smallest absolute Gasteiger partial charge is 0.255 e. The Morgan fingerprint density at radius 3 is 2.59 bits per heavy atom. The lowest BCUT2D eigenvalue weighted by atomic mass is 10.1. The molecule has 164 valence electrons. The number of benzene rings is 2. The van der Waals surface area contributed by atoms with E-state index in [1.165, 1.54) is 6.07 Å². The average molecular weight is 433 g/mol. The summed E-state index contributed by atoms with van der Waals surface area (Å²) in [5.74, 6) is 0.0992. The first kappa shape index (κ1) is 20.3. The fourth-order valence-electron chi connectivity index (χ4n) is 4.02. The highest BCUT2D eigenvalue weighted by atomic mass is 16.3. The molecular formula is C24H23N3O5. The van der Waals surface area contributed by atoms with E-state index in [1.54, 1.807) is 52.3 Å². The average Bonchev–Trinajstić information content (AvgIpc) is 3.43. The molecule has 1 aromatic heterocycles. The number of phenols is 1. The van der Waals surface area contributed by atoms with Crippen LogP contribution in [0.25, 0.3) is 22.6 Å². The molecule has 2 heterocycles. The molecule has 2 amide bonds. The monoisotopic (exact) mass is 433 g/mol. The minimum Gasteiger partial charge on any atom is -0.508 e. The van der Waals surface area contributed by atoms with Crippen molar-refractivity contribution in [2.45, 2.75) is 24.5 Å². The number of aliphatic hydroxyl groups is 1. The summed E-state index contributed by atoms with van der Waals surface area (Å²) in [6.45, 7) is 4.89. The molecule has 8 nitrogen and oxygen atoms in total. The third kappa shape index (κ3) is 3.52. The molecule has 1 saturated carbocycles. The molecule has 1 aliphatic heterocycles. The zero-order valence-corrected chi connectivity index (χ0v) is 17.4. The molecule has 8 heteroatoms. The van der Waals surface area contributed by atoms with Crippen LogP contribution in [0.15, 0.2) is 59.5 Å². The van der Waals surface area contributed by atoms with Crippen LogP contribution in [0.4, 0.5) is 0 Å². The highest BCUT2D eigenvalue weighted by Crippen LogP contribution is 2.38. The van der Waals surface area contributed by atoms with Crippen molar-refractivity contribution in [2.24, 2.45) is 0 Å². The lowest BCUT2D eigenvalue weighted by Crippen LogP contribution is -2.58. The molecule has 2 N–H and O–H groups in total. The highest BCUT2D eigenvalue weighted by Gasteiger charge is 2.51. The number of carbonyl (C=O) groups excluding carboxylic acids is 2. The molecule has 5 rings (SSSR count). The van der Waals surface area contributed by atoms with Gasteiger partial charge in [-0.05, 0) is 49.2 Å². The molecule has 2 aromatic carbocycles. The molecule has 32 heavy (non-hydrogen) atoms. The third-order valence-electron chi connectivity index (χ3n) is 6.11. The number of oxazole rings is 1. The van der Waals surface area contributed by atoms with Gasteiger partial charge in [0.25, 0.3) is 11.8 Å². The van der Waals surface area contributed by atoms with Gasteiger partial charge >= 0.3 is 0 Å². The number of phenolic OH excluding ortho intramolecular Hbond substituents is 1. The molecule has 2 aliphatic rings. The predicted octanol–water partition coefficient (Wildman–Crippen LogP) is 2.56. The maximum atomic E-state index is 13.0. The van der Waals surface area contributed by atoms with Crippen LogP contribution < -0.4 is 0 Å². The first-order valence-corrected chi connectivity index (χ1v) is 10.5. The molecule has 0 unspecified atom stereocenters. The van der Waals surface area contributed by atoms with Crippen molar-refractivity contribution in [3.05, 3.63) is 60.7 Å². The molecule has 0 bridgehead atoms. The Hall–Kier alpha value is -3.65. The molecule has 1 atom stereocenters. The first-order valence-electron chi connectivity index (χ1n) is 10.5. The molecule has 0 spiro atoms. The van der Waals surface area contributed by atoms with Gasteiger partial charge in [-0.2, -0.15) is 0 Å². The van der Waals surface area contributed by atoms with Gasteiger partial charge in [-0.25, -0.2) is 4.98 Å². The van der Waals surface area contributed by atoms with Crippen molar-refractivity contribution in [1.82, 2.24) is 14.8 Å². The number of rotatable bonds is 4. The molecule has 3 aromatic rings. The summed E-state index contributed by atoms with van der Waals surface area (Å²) < 4.78 is 5.71. The van der Waals surface area contributed by atoms with Crippen molar-refractivity contribution in [1.29, 1.82) is 0 Å². The van der Waals surface area contributed by atoms with E-state index in [0.29, 0.717) is 60.6 Å². The number of aromatic hydroxyl groups is 1. The van der Waals surface area contributed by atoms with E-state index in [-0.39, 0.29) is 23.6 Å². The fourth-order valence-corrected chi connectivity index (χ4v) is 4.02. The Labute approximate surface area is 184 Å². The SMILES string of the molecule is C=C[C@H]1CN(C(=O)c2ccc(-c3nc4ccc(O)cc4o3)cc2)CCN1C(=O)C1(O)CC1. The summed E-state index contributed by atoms with van der Waals surface area (Å²) in [6.07, 6.45) is 2.63. The number of hydrogen-bond acceptors (Lipinski definition) is 6. The summed E-state index contributed by atoms with van der Waals surface area (Å²) in [4.78, 5) is 33.3. The normalized spacial score (nSPS) is 19.7. The molecule has 1 aliphatic carbocycles. The number of carbonyl (C=O) groups is 2. The Kier molecular flexibility index (Phi) is 4.74. The van der Waals surface area contributed by atoms with E-state index < -0.39 is 5.60 Å². The minimum absolute atomic E-state index is 0.104. The quantitative estimate of drug-likeness (QED) is 0.613. The first-order chi connectivity index (χ1) is 15.4. The fraction of sp³-hybridized carbons (Fsp3) is 0.292. The molecular weight excluding hydrogens is 410 g/mol. The van der Waals surface area contributed by atoms with Gasteiger partial charge in [-0.1, -0.05) is 6.08 Å². The number of hydrogen-bond donors (Lipinski definition) is 2. The Morgan fingerprint density at radius 2 is 1.91 bits per heavy atom. The zero-order chi connectivity index (χ0) is 22.5. The number of piperazine rings is 1. The van der Waals surface area contributed by atoms with Gasteiger partial charge in [0.15, 0.2) is 5.58 Å². The van der Waals surface area contributed by atoms with Crippen molar-refractivity contribution in [3.63, 3.8) is 0 Å². The molecule has 2 fully saturated rings. The largest absolute Gasteiger partial charge is 0.508 e. The predicted molar refractivity (Wildman–Crippen MR) is 117 cm³/mol. The van der Waals surface area contributed by atoms with Crippen molar-refractivity contribution in [2.75, 3.05) is 19.6 Å². The van der Waals surface area contributed by atoms with Crippen molar-refractivity contribution < 1.29 is 24.2 Å². The van der Waals surface area contributed by atoms with E-state index in [9.17, 15) is 19.8 Å². The van der Waals surface area contributed by atoms with Crippen LogP contribution in [0.5, 0.6) is 5.75 Å². The molecule has 1 saturated heterocycles. The summed E-state index contributed by atoms with van der Waals surface area (Å²) in [7, 11) is 0. The number of amides is 2. The van der Waals surface area contributed by atoms with Gasteiger partial charge < -0.3 is 24.4 Å². The maximum Gasteiger partial charge on any atom is 0.255 e. The van der Waals surface area contributed by atoms with Crippen LogP contribution in [0.3, 0.4) is 0 Å². The lowest BCUT2D eigenvalue weighted by molar-refractivity contribution is -0.145. The van der Waals surface area contributed by atoms with Gasteiger partial charge in [0.05, 0.1) is 6.04 Å². The summed E-state index contributed by atoms with van der Waals surface area (Å²) in [5, 5.41) is 19.8. The van der Waals surface area contributed by atoms with E-state index in [4.69, 9.17) is 4.42 Å². The number of aromatic nitrogens is 1. The Morgan fingerprint density at radius 1 is 1.16 bits per heavy atom. The molecule has 0 radical (unpaired) electrons. The Balaban J connectivity index is 1.30. The van der Waals surface area contributed by atoms with Gasteiger partial charge in [-0.3, -0.25) is 9.59 Å². The van der Waals surface area contributed by atoms with Crippen LogP contribution in [0.2, 0.25) is 0 Å². The van der Waals surface area contributed by atoms with E-state index in [1.807, 2.05) is 0 Å². The minimum atomic E-state index is -1.23. The summed E-state index contributed by atoms with van der Waals surface area (Å²) >= 11 is 0. The Bertz CT molecular complexity index is 1210. The number of nitrogens with zero attached hydrogens (tertiary/aromatic N) is 3. The maximum absolute atomic E-state index is 13.0. The lowest BCUT2D eigenvalue weighted by Gasteiger charge is -2.41. The van der Waals surface area contributed by atoms with Gasteiger partial charge in [0, 0.05) is 36.8 Å². The van der Waals surface area contributed by atoms with Crippen molar-refractivity contribution >= 4 is 22.9 Å². The van der Waals surface area contributed by atoms with Crippen molar-refractivity contribution in [3.8, 4) is 17.2 Å². The zero-order valence-electron chi connectivity index (χ0n) is 17.4. The van der Waals surface area contributed by atoms with E-state index >= 15 is 0 Å². The van der Waals surface area contributed by atoms with Crippen LogP contribution >= 0.6 is 0 Å². The van der Waals surface area contributed by atoms with Gasteiger partial charge in [-0.15, -0.1) is 6.58 Å². The second kappa shape index (κ2) is 7.49. The summed E-state index contributed by atoms with van der Waals surface area (Å²) in [6, 6.07) is 11.4. The van der Waals surface area contributed by atoms with E-state index in [2.05, 4.69) is 11.6 Å². The summed E-state index contributed by atoms with van der Waals surface area (Å²) in [5.41, 5.74) is 1.13. The second-order valence-electron chi connectivity index (χ2n) is 8.33. The second-order valence-corrected chi connectivity index (χ2v) is 8.33. The van der Waals surface area contributed by atoms with Crippen LogP contribution in [0.1, 0.15) is 23.2 Å².